The van der Waals surface area contributed by atoms with Crippen molar-refractivity contribution < 1.29 is 4.79 Å². The average Bonchev–Trinajstić information content (AvgIpc) is 1.98. The number of carbonyl (C=O) groups is 1. The molecule has 1 amide bonds. The van der Waals surface area contributed by atoms with Gasteiger partial charge in [-0.25, -0.2) is 4.98 Å². The van der Waals surface area contributed by atoms with Crippen molar-refractivity contribution in [1.82, 2.24) is 9.55 Å². The SMILES string of the molecule is Cc1cc(=O)n(C)c(CC(N)=O)n1. The first-order chi connectivity index (χ1) is 6.00. The van der Waals surface area contributed by atoms with Crippen molar-refractivity contribution in [2.75, 3.05) is 0 Å². The lowest BCUT2D eigenvalue weighted by atomic mass is 10.3. The van der Waals surface area contributed by atoms with E-state index in [9.17, 15) is 9.59 Å². The molecule has 70 valence electrons. The van der Waals surface area contributed by atoms with Crippen LogP contribution in [0.3, 0.4) is 0 Å². The van der Waals surface area contributed by atoms with E-state index >= 15 is 0 Å². The Hall–Kier alpha value is -1.65. The maximum absolute atomic E-state index is 11.2. The lowest BCUT2D eigenvalue weighted by molar-refractivity contribution is -0.117. The van der Waals surface area contributed by atoms with Crippen LogP contribution < -0.4 is 11.3 Å². The average molecular weight is 181 g/mol. The topological polar surface area (TPSA) is 78.0 Å². The number of nitrogens with two attached hydrogens (primary N) is 1. The third kappa shape index (κ3) is 2.14. The molecule has 0 aromatic carbocycles. The monoisotopic (exact) mass is 181 g/mol. The summed E-state index contributed by atoms with van der Waals surface area (Å²) in [5.74, 6) is -0.0920. The van der Waals surface area contributed by atoms with Gasteiger partial charge in [-0.2, -0.15) is 0 Å². The van der Waals surface area contributed by atoms with Gasteiger partial charge in [0.25, 0.3) is 5.56 Å². The Bertz CT molecular complexity index is 395. The third-order valence-electron chi connectivity index (χ3n) is 1.69. The number of hydrogen-bond donors (Lipinski definition) is 1. The summed E-state index contributed by atoms with van der Waals surface area (Å²) in [6, 6.07) is 1.41. The summed E-state index contributed by atoms with van der Waals surface area (Å²) in [5, 5.41) is 0. The summed E-state index contributed by atoms with van der Waals surface area (Å²) >= 11 is 0. The molecule has 5 heteroatoms. The van der Waals surface area contributed by atoms with E-state index in [0.717, 1.165) is 0 Å². The lowest BCUT2D eigenvalue weighted by Crippen LogP contribution is -2.26. The molecule has 5 nitrogen and oxygen atoms in total. The van der Waals surface area contributed by atoms with Gasteiger partial charge in [-0.15, -0.1) is 0 Å². The van der Waals surface area contributed by atoms with Crippen LogP contribution in [0.2, 0.25) is 0 Å². The first kappa shape index (κ1) is 9.44. The van der Waals surface area contributed by atoms with Crippen molar-refractivity contribution >= 4 is 5.91 Å². The van der Waals surface area contributed by atoms with Crippen molar-refractivity contribution in [2.24, 2.45) is 12.8 Å². The molecule has 1 aromatic heterocycles. The minimum absolute atomic E-state index is 0.00653. The number of aromatic nitrogens is 2. The molecule has 0 atom stereocenters. The largest absolute Gasteiger partial charge is 0.369 e. The van der Waals surface area contributed by atoms with Crippen LogP contribution in [-0.2, 0) is 18.3 Å². The zero-order valence-electron chi connectivity index (χ0n) is 7.57. The number of primary amides is 1. The standard InChI is InChI=1S/C8H11N3O2/c1-5-3-8(13)11(2)7(10-5)4-6(9)12/h3H,4H2,1-2H3,(H2,9,12). The van der Waals surface area contributed by atoms with Crippen molar-refractivity contribution in [1.29, 1.82) is 0 Å². The van der Waals surface area contributed by atoms with Crippen LogP contribution >= 0.6 is 0 Å². The molecule has 1 rings (SSSR count). The molecule has 2 N–H and O–H groups in total. The minimum Gasteiger partial charge on any atom is -0.369 e. The molecule has 0 fully saturated rings. The van der Waals surface area contributed by atoms with Crippen LogP contribution in [-0.4, -0.2) is 15.5 Å². The minimum atomic E-state index is -0.492. The summed E-state index contributed by atoms with van der Waals surface area (Å²) in [5.41, 5.74) is 5.42. The van der Waals surface area contributed by atoms with Crippen LogP contribution in [0.1, 0.15) is 11.5 Å². The summed E-state index contributed by atoms with van der Waals surface area (Å²) < 4.78 is 1.32. The normalized spacial score (nSPS) is 10.0. The van der Waals surface area contributed by atoms with E-state index in [1.807, 2.05) is 0 Å². The summed E-state index contributed by atoms with van der Waals surface area (Å²) in [6.07, 6.45) is -0.00653. The van der Waals surface area contributed by atoms with Crippen molar-refractivity contribution in [3.05, 3.63) is 27.9 Å². The van der Waals surface area contributed by atoms with E-state index in [2.05, 4.69) is 4.98 Å². The van der Waals surface area contributed by atoms with Gasteiger partial charge in [0.1, 0.15) is 5.82 Å². The highest BCUT2D eigenvalue weighted by Crippen LogP contribution is 1.93. The fourth-order valence-corrected chi connectivity index (χ4v) is 1.03. The zero-order chi connectivity index (χ0) is 10.0. The molecule has 0 saturated heterocycles. The molecule has 0 spiro atoms. The molecule has 0 radical (unpaired) electrons. The number of amides is 1. The van der Waals surface area contributed by atoms with Crippen LogP contribution in [0.4, 0.5) is 0 Å². The second kappa shape index (κ2) is 3.38. The van der Waals surface area contributed by atoms with Crippen LogP contribution in [0, 0.1) is 6.92 Å². The molecule has 0 bridgehead atoms. The van der Waals surface area contributed by atoms with Gasteiger partial charge in [0.2, 0.25) is 5.91 Å². The zero-order valence-corrected chi connectivity index (χ0v) is 7.57. The van der Waals surface area contributed by atoms with Gasteiger partial charge in [0.15, 0.2) is 0 Å². The number of nitrogens with zero attached hydrogens (tertiary/aromatic N) is 2. The highest BCUT2D eigenvalue weighted by atomic mass is 16.1. The fourth-order valence-electron chi connectivity index (χ4n) is 1.03. The highest BCUT2D eigenvalue weighted by molar-refractivity contribution is 5.75. The second-order valence-electron chi connectivity index (χ2n) is 2.85. The Morgan fingerprint density at radius 2 is 2.31 bits per heavy atom. The van der Waals surface area contributed by atoms with Crippen LogP contribution in [0.25, 0.3) is 0 Å². The molecular weight excluding hydrogens is 170 g/mol. The van der Waals surface area contributed by atoms with Crippen molar-refractivity contribution in [3.63, 3.8) is 0 Å². The number of rotatable bonds is 2. The highest BCUT2D eigenvalue weighted by Gasteiger charge is 2.05. The number of carbonyl (C=O) groups excluding carboxylic acids is 1. The van der Waals surface area contributed by atoms with Gasteiger partial charge in [0.05, 0.1) is 6.42 Å². The van der Waals surface area contributed by atoms with Gasteiger partial charge in [-0.1, -0.05) is 0 Å². The first-order valence-corrected chi connectivity index (χ1v) is 3.82. The summed E-state index contributed by atoms with van der Waals surface area (Å²) in [4.78, 5) is 25.9. The van der Waals surface area contributed by atoms with Gasteiger partial charge in [-0.3, -0.25) is 14.2 Å². The summed E-state index contributed by atoms with van der Waals surface area (Å²) in [6.45, 7) is 1.70. The molecular formula is C8H11N3O2. The van der Waals surface area contributed by atoms with Crippen LogP contribution in [0.15, 0.2) is 10.9 Å². The second-order valence-corrected chi connectivity index (χ2v) is 2.85. The molecule has 0 aliphatic rings. The molecule has 0 aliphatic carbocycles. The smallest absolute Gasteiger partial charge is 0.253 e. The molecule has 0 aliphatic heterocycles. The van der Waals surface area contributed by atoms with Gasteiger partial charge < -0.3 is 5.73 Å². The molecule has 1 aromatic rings. The quantitative estimate of drug-likeness (QED) is 0.643. The predicted molar refractivity (Wildman–Crippen MR) is 47.1 cm³/mol. The Morgan fingerprint density at radius 3 is 2.85 bits per heavy atom. The fraction of sp³-hybridized carbons (Fsp3) is 0.375. The first-order valence-electron chi connectivity index (χ1n) is 3.82. The van der Waals surface area contributed by atoms with Gasteiger partial charge in [0, 0.05) is 18.8 Å². The lowest BCUT2D eigenvalue weighted by Gasteiger charge is -2.05. The third-order valence-corrected chi connectivity index (χ3v) is 1.69. The Kier molecular flexibility index (Phi) is 2.46. The Balaban J connectivity index is 3.20. The summed E-state index contributed by atoms with van der Waals surface area (Å²) in [7, 11) is 1.56. The van der Waals surface area contributed by atoms with E-state index < -0.39 is 5.91 Å². The van der Waals surface area contributed by atoms with Crippen molar-refractivity contribution in [2.45, 2.75) is 13.3 Å². The molecule has 0 saturated carbocycles. The Morgan fingerprint density at radius 1 is 1.69 bits per heavy atom. The maximum Gasteiger partial charge on any atom is 0.253 e. The molecule has 0 unspecified atom stereocenters. The van der Waals surface area contributed by atoms with Crippen molar-refractivity contribution in [3.8, 4) is 0 Å². The molecule has 1 heterocycles. The van der Waals surface area contributed by atoms with E-state index in [-0.39, 0.29) is 12.0 Å². The van der Waals surface area contributed by atoms with E-state index in [1.165, 1.54) is 10.6 Å². The van der Waals surface area contributed by atoms with E-state index in [4.69, 9.17) is 5.73 Å². The van der Waals surface area contributed by atoms with Gasteiger partial charge in [-0.05, 0) is 6.92 Å². The van der Waals surface area contributed by atoms with E-state index in [1.54, 1.807) is 14.0 Å². The predicted octanol–water partition coefficient (Wildman–Crippen LogP) is -0.883. The molecule has 13 heavy (non-hydrogen) atoms. The maximum atomic E-state index is 11.2. The van der Waals surface area contributed by atoms with Gasteiger partial charge >= 0.3 is 0 Å². The number of hydrogen-bond acceptors (Lipinski definition) is 3. The van der Waals surface area contributed by atoms with Crippen LogP contribution in [0.5, 0.6) is 0 Å². The van der Waals surface area contributed by atoms with E-state index in [0.29, 0.717) is 11.5 Å². The Labute approximate surface area is 75.2 Å². The number of aryl methyl sites for hydroxylation is 1.